The fourth-order valence-electron chi connectivity index (χ4n) is 4.94. The number of carbonyl (C=O) groups is 2. The van der Waals surface area contributed by atoms with Crippen molar-refractivity contribution in [2.75, 3.05) is 32.8 Å². The second-order valence-corrected chi connectivity index (χ2v) is 9.14. The molecule has 2 aliphatic rings. The highest BCUT2D eigenvalue weighted by Crippen LogP contribution is 2.38. The van der Waals surface area contributed by atoms with Gasteiger partial charge in [-0.05, 0) is 50.8 Å². The van der Waals surface area contributed by atoms with Gasteiger partial charge in [-0.25, -0.2) is 0 Å². The van der Waals surface area contributed by atoms with Crippen LogP contribution in [0.15, 0.2) is 51.6 Å². The molecule has 1 saturated heterocycles. The smallest absolute Gasteiger partial charge is 0.286 e. The molecule has 3 heterocycles. The molecule has 1 fully saturated rings. The molecule has 0 saturated carbocycles. The Morgan fingerprint density at radius 3 is 2.83 bits per heavy atom. The molecule has 4 rings (SSSR count). The lowest BCUT2D eigenvalue weighted by Gasteiger charge is -2.36. The molecular weight excluding hydrogens is 464 g/mol. The number of para-hydroxylation sites is 1. The standard InChI is InChI=1S/C27H34N2O7/c1-2-34-27-18(9-6-15-30)20(21-17-35-22-10-4-3-8-19(22)25(21)32)16-23(36-27)26(33)28-12-7-14-29-13-5-11-24(29)31/h3-4,8,10,16-18,20,27,30H,2,5-7,9,11-15H2,1H3,(H,28,33)/t18-,20+,27-/m1/s1. The van der Waals surface area contributed by atoms with Gasteiger partial charge in [0.1, 0.15) is 5.58 Å². The zero-order chi connectivity index (χ0) is 25.5. The molecule has 0 aliphatic carbocycles. The highest BCUT2D eigenvalue weighted by atomic mass is 16.7. The van der Waals surface area contributed by atoms with Crippen LogP contribution >= 0.6 is 0 Å². The van der Waals surface area contributed by atoms with Gasteiger partial charge in [-0.15, -0.1) is 0 Å². The predicted octanol–water partition coefficient (Wildman–Crippen LogP) is 2.67. The number of nitrogens with one attached hydrogen (secondary N) is 1. The van der Waals surface area contributed by atoms with Crippen LogP contribution in [-0.4, -0.2) is 61.0 Å². The van der Waals surface area contributed by atoms with E-state index in [2.05, 4.69) is 5.32 Å². The van der Waals surface area contributed by atoms with Gasteiger partial charge < -0.3 is 29.2 Å². The van der Waals surface area contributed by atoms with Crippen molar-refractivity contribution in [3.8, 4) is 0 Å². The van der Waals surface area contributed by atoms with Crippen LogP contribution < -0.4 is 10.7 Å². The largest absolute Gasteiger partial charge is 0.464 e. The summed E-state index contributed by atoms with van der Waals surface area (Å²) >= 11 is 0. The molecule has 0 unspecified atom stereocenters. The molecule has 2 amide bonds. The first-order valence-electron chi connectivity index (χ1n) is 12.7. The molecule has 0 spiro atoms. The molecule has 2 N–H and O–H groups in total. The summed E-state index contributed by atoms with van der Waals surface area (Å²) in [5.41, 5.74) is 0.742. The van der Waals surface area contributed by atoms with Crippen LogP contribution in [0.4, 0.5) is 0 Å². The first kappa shape index (κ1) is 25.9. The van der Waals surface area contributed by atoms with E-state index in [0.717, 1.165) is 13.0 Å². The second-order valence-electron chi connectivity index (χ2n) is 9.14. The highest BCUT2D eigenvalue weighted by Gasteiger charge is 2.39. The Morgan fingerprint density at radius 2 is 2.08 bits per heavy atom. The van der Waals surface area contributed by atoms with E-state index in [0.29, 0.717) is 61.9 Å². The molecule has 9 heteroatoms. The highest BCUT2D eigenvalue weighted by molar-refractivity contribution is 5.91. The van der Waals surface area contributed by atoms with Crippen molar-refractivity contribution in [2.24, 2.45) is 5.92 Å². The second kappa shape index (κ2) is 12.2. The summed E-state index contributed by atoms with van der Waals surface area (Å²) in [4.78, 5) is 40.0. The molecular formula is C27H34N2O7. The molecule has 1 aromatic heterocycles. The van der Waals surface area contributed by atoms with Gasteiger partial charge in [0.15, 0.2) is 11.2 Å². The van der Waals surface area contributed by atoms with E-state index in [9.17, 15) is 19.5 Å². The van der Waals surface area contributed by atoms with Gasteiger partial charge in [0.05, 0.1) is 11.6 Å². The summed E-state index contributed by atoms with van der Waals surface area (Å²) in [6, 6.07) is 7.04. The topological polar surface area (TPSA) is 118 Å². The minimum Gasteiger partial charge on any atom is -0.464 e. The number of hydrogen-bond acceptors (Lipinski definition) is 7. The lowest BCUT2D eigenvalue weighted by molar-refractivity contribution is -0.166. The summed E-state index contributed by atoms with van der Waals surface area (Å²) in [7, 11) is 0. The van der Waals surface area contributed by atoms with Crippen LogP contribution in [0.5, 0.6) is 0 Å². The van der Waals surface area contributed by atoms with Crippen molar-refractivity contribution < 1.29 is 28.6 Å². The first-order valence-corrected chi connectivity index (χ1v) is 12.7. The number of aliphatic hydroxyl groups is 1. The van der Waals surface area contributed by atoms with Crippen LogP contribution in [0.1, 0.15) is 50.5 Å². The minimum absolute atomic E-state index is 0.00896. The van der Waals surface area contributed by atoms with Gasteiger partial charge in [-0.1, -0.05) is 12.1 Å². The third-order valence-corrected chi connectivity index (χ3v) is 6.76. The molecule has 2 aromatic rings. The van der Waals surface area contributed by atoms with Crippen LogP contribution in [0.3, 0.4) is 0 Å². The van der Waals surface area contributed by atoms with Gasteiger partial charge in [-0.3, -0.25) is 14.4 Å². The molecule has 3 atom stereocenters. The maximum atomic E-state index is 13.4. The summed E-state index contributed by atoms with van der Waals surface area (Å²) < 4.78 is 17.6. The fourth-order valence-corrected chi connectivity index (χ4v) is 4.94. The van der Waals surface area contributed by atoms with Gasteiger partial charge in [0, 0.05) is 56.7 Å². The Labute approximate surface area is 210 Å². The fraction of sp³-hybridized carbons (Fsp3) is 0.519. The maximum absolute atomic E-state index is 13.4. The SMILES string of the molecule is CCO[C@@H]1OC(C(=O)NCCCN2CCCC2=O)=C[C@H](c2coc3ccccc3c2=O)[C@H]1CCCO. The van der Waals surface area contributed by atoms with Gasteiger partial charge >= 0.3 is 0 Å². The normalized spacial score (nSPS) is 21.9. The van der Waals surface area contributed by atoms with Crippen molar-refractivity contribution >= 4 is 22.8 Å². The number of amides is 2. The third-order valence-electron chi connectivity index (χ3n) is 6.76. The van der Waals surface area contributed by atoms with E-state index in [-0.39, 0.29) is 29.6 Å². The number of carbonyl (C=O) groups excluding carboxylic acids is 2. The molecule has 194 valence electrons. The van der Waals surface area contributed by atoms with E-state index in [1.807, 2.05) is 11.8 Å². The number of aliphatic hydroxyl groups excluding tert-OH is 1. The number of rotatable bonds is 11. The predicted molar refractivity (Wildman–Crippen MR) is 133 cm³/mol. The zero-order valence-electron chi connectivity index (χ0n) is 20.6. The Bertz CT molecular complexity index is 1160. The van der Waals surface area contributed by atoms with Crippen molar-refractivity contribution in [2.45, 2.75) is 51.2 Å². The van der Waals surface area contributed by atoms with E-state index in [1.165, 1.54) is 6.26 Å². The van der Waals surface area contributed by atoms with E-state index in [1.54, 1.807) is 30.3 Å². The van der Waals surface area contributed by atoms with Crippen molar-refractivity contribution in [1.82, 2.24) is 10.2 Å². The molecule has 0 bridgehead atoms. The Kier molecular flexibility index (Phi) is 8.77. The number of allylic oxidation sites excluding steroid dienone is 1. The van der Waals surface area contributed by atoms with E-state index < -0.39 is 18.1 Å². The first-order chi connectivity index (χ1) is 17.5. The van der Waals surface area contributed by atoms with Crippen molar-refractivity contribution in [1.29, 1.82) is 0 Å². The van der Waals surface area contributed by atoms with E-state index >= 15 is 0 Å². The monoisotopic (exact) mass is 498 g/mol. The molecule has 2 aliphatic heterocycles. The molecule has 9 nitrogen and oxygen atoms in total. The van der Waals surface area contributed by atoms with Gasteiger partial charge in [0.25, 0.3) is 5.91 Å². The van der Waals surface area contributed by atoms with Crippen LogP contribution in [0, 0.1) is 5.92 Å². The van der Waals surface area contributed by atoms with Gasteiger partial charge in [-0.2, -0.15) is 0 Å². The molecule has 0 radical (unpaired) electrons. The third kappa shape index (κ3) is 5.79. The van der Waals surface area contributed by atoms with Crippen LogP contribution in [0.2, 0.25) is 0 Å². The summed E-state index contributed by atoms with van der Waals surface area (Å²) in [5.74, 6) is -0.943. The molecule has 36 heavy (non-hydrogen) atoms. The summed E-state index contributed by atoms with van der Waals surface area (Å²) in [6.07, 6.45) is 5.50. The lowest BCUT2D eigenvalue weighted by atomic mass is 9.81. The Balaban J connectivity index is 1.57. The summed E-state index contributed by atoms with van der Waals surface area (Å²) in [6.45, 7) is 3.94. The maximum Gasteiger partial charge on any atom is 0.286 e. The number of hydrogen-bond donors (Lipinski definition) is 2. The number of ether oxygens (including phenoxy) is 2. The number of fused-ring (bicyclic) bond motifs is 1. The average molecular weight is 499 g/mol. The minimum atomic E-state index is -0.759. The van der Waals surface area contributed by atoms with Crippen LogP contribution in [0.25, 0.3) is 11.0 Å². The Morgan fingerprint density at radius 1 is 1.25 bits per heavy atom. The lowest BCUT2D eigenvalue weighted by Crippen LogP contribution is -2.40. The number of benzene rings is 1. The van der Waals surface area contributed by atoms with Crippen molar-refractivity contribution in [3.63, 3.8) is 0 Å². The van der Waals surface area contributed by atoms with Crippen LogP contribution in [-0.2, 0) is 19.1 Å². The quantitative estimate of drug-likeness (QED) is 0.457. The number of likely N-dealkylation sites (tertiary alicyclic amines) is 1. The average Bonchev–Trinajstić information content (AvgIpc) is 3.30. The zero-order valence-corrected chi connectivity index (χ0v) is 20.6. The van der Waals surface area contributed by atoms with E-state index in [4.69, 9.17) is 13.9 Å². The number of nitrogens with zero attached hydrogens (tertiary/aromatic N) is 1. The Hall–Kier alpha value is -3.17. The van der Waals surface area contributed by atoms with Gasteiger partial charge in [0.2, 0.25) is 12.2 Å². The summed E-state index contributed by atoms with van der Waals surface area (Å²) in [5, 5.41) is 12.8. The van der Waals surface area contributed by atoms with Crippen molar-refractivity contribution in [3.05, 3.63) is 58.2 Å². The molecule has 1 aromatic carbocycles.